The third-order valence-electron chi connectivity index (χ3n) is 4.49. The summed E-state index contributed by atoms with van der Waals surface area (Å²) in [4.78, 5) is 6.97. The van der Waals surface area contributed by atoms with Crippen LogP contribution in [0.2, 0.25) is 0 Å². The van der Waals surface area contributed by atoms with Gasteiger partial charge in [-0.15, -0.1) is 0 Å². The summed E-state index contributed by atoms with van der Waals surface area (Å²) >= 11 is 5.30. The van der Waals surface area contributed by atoms with Crippen molar-refractivity contribution in [1.82, 2.24) is 0 Å². The van der Waals surface area contributed by atoms with Gasteiger partial charge >= 0.3 is 0 Å². The highest BCUT2D eigenvalue weighted by Crippen LogP contribution is 2.63. The maximum Gasteiger partial charge on any atom is 0.177 e. The van der Waals surface area contributed by atoms with E-state index >= 15 is 0 Å². The summed E-state index contributed by atoms with van der Waals surface area (Å²) in [5.74, 6) is 0. The van der Waals surface area contributed by atoms with Crippen LogP contribution in [0.15, 0.2) is 84.0 Å². The molecule has 0 radical (unpaired) electrons. The molecule has 0 atom stereocenters. The fourth-order valence-electron chi connectivity index (χ4n) is 3.62. The molecule has 110 valence electrons. The van der Waals surface area contributed by atoms with Crippen molar-refractivity contribution >= 4 is 58.3 Å². The van der Waals surface area contributed by atoms with Crippen LogP contribution in [0.4, 0.5) is 0 Å². The summed E-state index contributed by atoms with van der Waals surface area (Å²) in [5, 5.41) is 3.24. The van der Waals surface area contributed by atoms with Crippen LogP contribution in [0.3, 0.4) is 0 Å². The van der Waals surface area contributed by atoms with E-state index in [1.165, 1.54) is 0 Å². The van der Waals surface area contributed by atoms with Crippen LogP contribution in [0.1, 0.15) is 0 Å². The zero-order chi connectivity index (χ0) is 15.2. The summed E-state index contributed by atoms with van der Waals surface area (Å²) in [6.45, 7) is 0. The average Bonchev–Trinajstić information content (AvgIpc) is 2.54. The van der Waals surface area contributed by atoms with Crippen LogP contribution in [-0.4, -0.2) is 0 Å². The van der Waals surface area contributed by atoms with E-state index in [2.05, 4.69) is 54.6 Å². The molecular weight excluding hydrogens is 359 g/mol. The number of hydrogen-bond acceptors (Lipinski definition) is 4. The predicted molar refractivity (Wildman–Crippen MR) is 98.2 cm³/mol. The van der Waals surface area contributed by atoms with Crippen LogP contribution in [0.5, 0.6) is 0 Å². The van der Waals surface area contributed by atoms with Gasteiger partial charge in [0.1, 0.15) is 0 Å². The minimum Gasteiger partial charge on any atom is -0.308 e. The summed E-state index contributed by atoms with van der Waals surface area (Å²) in [6.07, 6.45) is 0. The third kappa shape index (κ3) is 1.49. The first kappa shape index (κ1) is 13.3. The molecule has 0 aromatic heterocycles. The van der Waals surface area contributed by atoms with E-state index in [9.17, 15) is 4.57 Å². The molecule has 0 saturated carbocycles. The second kappa shape index (κ2) is 4.31. The Morgan fingerprint density at radius 1 is 0.522 bits per heavy atom. The maximum atomic E-state index is 14.6. The Morgan fingerprint density at radius 2 is 0.783 bits per heavy atom. The van der Waals surface area contributed by atoms with Gasteiger partial charge < -0.3 is 4.57 Å². The molecule has 0 aliphatic carbocycles. The monoisotopic (exact) mass is 368 g/mol. The zero-order valence-electron chi connectivity index (χ0n) is 11.8. The van der Waals surface area contributed by atoms with Gasteiger partial charge in [0.05, 0.1) is 0 Å². The van der Waals surface area contributed by atoms with E-state index in [0.717, 1.165) is 45.3 Å². The summed E-state index contributed by atoms with van der Waals surface area (Å²) < 4.78 is 14.6. The lowest BCUT2D eigenvalue weighted by atomic mass is 10.3. The first-order valence-corrected chi connectivity index (χ1v) is 11.5. The second-order valence-electron chi connectivity index (χ2n) is 5.72. The molecule has 3 aliphatic rings. The minimum atomic E-state index is -2.75. The first-order valence-electron chi connectivity index (χ1n) is 7.31. The normalized spacial score (nSPS) is 17.6. The molecule has 5 heteroatoms. The third-order valence-corrected chi connectivity index (χ3v) is 12.1. The Bertz CT molecular complexity index is 892. The van der Waals surface area contributed by atoms with E-state index in [-0.39, 0.29) is 0 Å². The molecule has 0 amide bonds. The highest BCUT2D eigenvalue weighted by Gasteiger charge is 2.48. The fraction of sp³-hybridized carbons (Fsp3) is 0. The number of rotatable bonds is 0. The van der Waals surface area contributed by atoms with Gasteiger partial charge in [0, 0.05) is 45.3 Å². The Morgan fingerprint density at radius 3 is 1.04 bits per heavy atom. The highest BCUT2D eigenvalue weighted by atomic mass is 32.2. The van der Waals surface area contributed by atoms with Gasteiger partial charge in [-0.1, -0.05) is 53.5 Å². The largest absolute Gasteiger partial charge is 0.308 e. The summed E-state index contributed by atoms with van der Waals surface area (Å²) in [5.41, 5.74) is 0. The second-order valence-corrected chi connectivity index (χ2v) is 11.5. The molecule has 3 aromatic rings. The molecule has 0 fully saturated rings. The Kier molecular flexibility index (Phi) is 2.49. The smallest absolute Gasteiger partial charge is 0.177 e. The van der Waals surface area contributed by atoms with Crippen molar-refractivity contribution in [2.75, 3.05) is 0 Å². The lowest BCUT2D eigenvalue weighted by molar-refractivity contribution is 0.590. The molecule has 3 aromatic carbocycles. The van der Waals surface area contributed by atoms with Crippen LogP contribution in [-0.2, 0) is 4.57 Å². The molecule has 23 heavy (non-hydrogen) atoms. The van der Waals surface area contributed by atoms with Crippen LogP contribution in [0.25, 0.3) is 0 Å². The quantitative estimate of drug-likeness (QED) is 0.361. The summed E-state index contributed by atoms with van der Waals surface area (Å²) in [7, 11) is -2.75. The van der Waals surface area contributed by atoms with Gasteiger partial charge in [-0.2, -0.15) is 0 Å². The van der Waals surface area contributed by atoms with Crippen LogP contribution in [0, 0.1) is 0 Å². The molecule has 0 saturated heterocycles. The standard InChI is InChI=1S/C18H9OPS3/c19-20-16-10-4-1-5-11(16)22-13-7-3-9-15(18(13)20)23-14-8-2-6-12(21-10)17(14)20/h1-9H. The molecule has 3 aliphatic heterocycles. The minimum absolute atomic E-state index is 1.08. The van der Waals surface area contributed by atoms with E-state index in [1.807, 2.05) is 0 Å². The molecule has 0 bridgehead atoms. The molecular formula is C18H9OPS3. The van der Waals surface area contributed by atoms with Gasteiger partial charge in [-0.05, 0) is 36.4 Å². The molecule has 3 heterocycles. The highest BCUT2D eigenvalue weighted by molar-refractivity contribution is 8.08. The van der Waals surface area contributed by atoms with Crippen molar-refractivity contribution in [3.05, 3.63) is 54.6 Å². The Balaban J connectivity index is 1.88. The van der Waals surface area contributed by atoms with Crippen LogP contribution < -0.4 is 15.9 Å². The van der Waals surface area contributed by atoms with Crippen molar-refractivity contribution in [3.8, 4) is 0 Å². The molecule has 1 nitrogen and oxygen atoms in total. The van der Waals surface area contributed by atoms with Gasteiger partial charge in [0.25, 0.3) is 0 Å². The van der Waals surface area contributed by atoms with E-state index in [1.54, 1.807) is 35.3 Å². The fourth-order valence-corrected chi connectivity index (χ4v) is 12.8. The molecule has 0 N–H and O–H groups in total. The van der Waals surface area contributed by atoms with E-state index in [0.29, 0.717) is 0 Å². The summed E-state index contributed by atoms with van der Waals surface area (Å²) in [6, 6.07) is 19.0. The van der Waals surface area contributed by atoms with E-state index < -0.39 is 7.14 Å². The van der Waals surface area contributed by atoms with Crippen molar-refractivity contribution in [2.45, 2.75) is 29.4 Å². The van der Waals surface area contributed by atoms with Gasteiger partial charge in [0.15, 0.2) is 7.14 Å². The number of benzene rings is 3. The zero-order valence-corrected chi connectivity index (χ0v) is 15.1. The predicted octanol–water partition coefficient (Wildman–Crippen LogP) is 4.72. The van der Waals surface area contributed by atoms with Crippen molar-refractivity contribution in [3.63, 3.8) is 0 Å². The molecule has 6 rings (SSSR count). The topological polar surface area (TPSA) is 17.1 Å². The maximum absolute atomic E-state index is 14.6. The first-order chi connectivity index (χ1) is 11.3. The van der Waals surface area contributed by atoms with Crippen LogP contribution >= 0.6 is 42.4 Å². The number of hydrogen-bond donors (Lipinski definition) is 0. The Hall–Kier alpha value is -1.06. The van der Waals surface area contributed by atoms with Crippen molar-refractivity contribution in [1.29, 1.82) is 0 Å². The molecule has 0 unspecified atom stereocenters. The van der Waals surface area contributed by atoms with Gasteiger partial charge in [0.2, 0.25) is 0 Å². The molecule has 0 spiro atoms. The Labute approximate surface area is 146 Å². The SMILES string of the molecule is O=P12c3c4cccc3Sc3cccc(c31)Sc1cccc(c12)S4. The van der Waals surface area contributed by atoms with Gasteiger partial charge in [-0.25, -0.2) is 0 Å². The van der Waals surface area contributed by atoms with Crippen molar-refractivity contribution in [2.24, 2.45) is 0 Å². The van der Waals surface area contributed by atoms with Crippen molar-refractivity contribution < 1.29 is 4.57 Å². The average molecular weight is 368 g/mol. The lowest BCUT2D eigenvalue weighted by Crippen LogP contribution is -2.38. The van der Waals surface area contributed by atoms with Gasteiger partial charge in [-0.3, -0.25) is 0 Å². The van der Waals surface area contributed by atoms with E-state index in [4.69, 9.17) is 0 Å². The lowest BCUT2D eigenvalue weighted by Gasteiger charge is -2.39.